The molecule has 1 heterocycles. The van der Waals surface area contributed by atoms with Crippen molar-refractivity contribution in [3.05, 3.63) is 35.4 Å². The third-order valence-corrected chi connectivity index (χ3v) is 5.59. The van der Waals surface area contributed by atoms with E-state index in [0.29, 0.717) is 12.1 Å². The predicted molar refractivity (Wildman–Crippen MR) is 128 cm³/mol. The molecule has 0 radical (unpaired) electrons. The third kappa shape index (κ3) is 7.77. The van der Waals surface area contributed by atoms with Gasteiger partial charge >= 0.3 is 0 Å². The Hall–Kier alpha value is -1.35. The molecule has 29 heavy (non-hydrogen) atoms. The van der Waals surface area contributed by atoms with Crippen LogP contribution in [0.4, 0.5) is 0 Å². The highest BCUT2D eigenvalue weighted by Gasteiger charge is 2.20. The minimum atomic E-state index is 0. The second kappa shape index (κ2) is 12.4. The van der Waals surface area contributed by atoms with Crippen LogP contribution < -0.4 is 10.6 Å². The summed E-state index contributed by atoms with van der Waals surface area (Å²) in [4.78, 5) is 18.1. The van der Waals surface area contributed by atoms with E-state index in [0.717, 1.165) is 51.2 Å². The molecule has 0 spiro atoms. The predicted octanol–water partition coefficient (Wildman–Crippen LogP) is 2.74. The Labute approximate surface area is 191 Å². The number of guanidine groups is 1. The number of carbonyl (C=O) groups is 1. The number of amides is 1. The Morgan fingerprint density at radius 3 is 2.72 bits per heavy atom. The van der Waals surface area contributed by atoms with E-state index in [9.17, 15) is 4.79 Å². The van der Waals surface area contributed by atoms with Crippen molar-refractivity contribution in [1.29, 1.82) is 0 Å². The van der Waals surface area contributed by atoms with Gasteiger partial charge in [0.05, 0.1) is 6.10 Å². The zero-order chi connectivity index (χ0) is 19.8. The first kappa shape index (κ1) is 23.9. The molecule has 0 aromatic heterocycles. The number of hydrogen-bond acceptors (Lipinski definition) is 3. The van der Waals surface area contributed by atoms with Gasteiger partial charge in [-0.2, -0.15) is 0 Å². The van der Waals surface area contributed by atoms with Crippen LogP contribution in [0.2, 0.25) is 0 Å². The molecule has 1 aliphatic heterocycles. The number of rotatable bonds is 6. The number of carbonyl (C=O) groups excluding carboxylic acids is 1. The molecule has 6 nitrogen and oxygen atoms in total. The number of nitrogens with zero attached hydrogens (tertiary/aromatic N) is 2. The minimum Gasteiger partial charge on any atom is -0.378 e. The van der Waals surface area contributed by atoms with E-state index >= 15 is 0 Å². The Bertz CT molecular complexity index is 675. The van der Waals surface area contributed by atoms with E-state index in [1.54, 1.807) is 19.0 Å². The van der Waals surface area contributed by atoms with Crippen LogP contribution in [0.25, 0.3) is 0 Å². The molecular weight excluding hydrogens is 479 g/mol. The standard InChI is InChI=1S/C22H34N4O2.HI/c1-26(2)21(27)16-24-22(23-13-12-20-9-5-6-14-28-20)25-19-11-10-17-7-3-4-8-18(17)15-19;/h3-4,7-8,19-20H,5-6,9-16H2,1-2H3,(H2,23,24,25);1H. The molecule has 0 saturated carbocycles. The minimum absolute atomic E-state index is 0. The second-order valence-electron chi connectivity index (χ2n) is 8.01. The summed E-state index contributed by atoms with van der Waals surface area (Å²) < 4.78 is 5.82. The van der Waals surface area contributed by atoms with Crippen molar-refractivity contribution in [2.45, 2.75) is 57.1 Å². The maximum atomic E-state index is 12.0. The fourth-order valence-electron chi connectivity index (χ4n) is 3.84. The van der Waals surface area contributed by atoms with Gasteiger partial charge in [0.25, 0.3) is 0 Å². The van der Waals surface area contributed by atoms with Gasteiger partial charge in [-0.25, -0.2) is 4.99 Å². The van der Waals surface area contributed by atoms with Crippen LogP contribution in [0.1, 0.15) is 43.2 Å². The summed E-state index contributed by atoms with van der Waals surface area (Å²) in [6.45, 7) is 1.84. The van der Waals surface area contributed by atoms with Crippen molar-refractivity contribution < 1.29 is 9.53 Å². The Kier molecular flexibility index (Phi) is 10.2. The van der Waals surface area contributed by atoms with Gasteiger partial charge in [0.1, 0.15) is 6.54 Å². The van der Waals surface area contributed by atoms with Gasteiger partial charge in [0.2, 0.25) is 5.91 Å². The number of aliphatic imine (C=N–C) groups is 1. The lowest BCUT2D eigenvalue weighted by molar-refractivity contribution is -0.127. The molecule has 1 amide bonds. The normalized spacial score (nSPS) is 21.5. The van der Waals surface area contributed by atoms with Crippen LogP contribution >= 0.6 is 24.0 Å². The number of halogens is 1. The van der Waals surface area contributed by atoms with Gasteiger partial charge in [-0.1, -0.05) is 24.3 Å². The summed E-state index contributed by atoms with van der Waals surface area (Å²) in [5.41, 5.74) is 2.86. The van der Waals surface area contributed by atoms with E-state index in [2.05, 4.69) is 39.9 Å². The number of aryl methyl sites for hydroxylation is 1. The molecule has 162 valence electrons. The molecule has 2 unspecified atom stereocenters. The molecule has 1 aromatic rings. The first-order valence-electron chi connectivity index (χ1n) is 10.5. The molecule has 1 saturated heterocycles. The Morgan fingerprint density at radius 2 is 2.00 bits per heavy atom. The summed E-state index contributed by atoms with van der Waals surface area (Å²) in [6.07, 6.45) is 8.02. The lowest BCUT2D eigenvalue weighted by Gasteiger charge is -2.28. The van der Waals surface area contributed by atoms with Gasteiger partial charge in [0, 0.05) is 33.3 Å². The summed E-state index contributed by atoms with van der Waals surface area (Å²) in [7, 11) is 3.52. The average Bonchev–Trinajstić information content (AvgIpc) is 2.72. The number of nitrogens with one attached hydrogen (secondary N) is 2. The second-order valence-corrected chi connectivity index (χ2v) is 8.01. The van der Waals surface area contributed by atoms with Crippen molar-refractivity contribution >= 4 is 35.8 Å². The van der Waals surface area contributed by atoms with E-state index in [1.807, 2.05) is 0 Å². The Morgan fingerprint density at radius 1 is 1.21 bits per heavy atom. The van der Waals surface area contributed by atoms with Crippen molar-refractivity contribution in [2.24, 2.45) is 4.99 Å². The summed E-state index contributed by atoms with van der Waals surface area (Å²) in [6, 6.07) is 8.99. The smallest absolute Gasteiger partial charge is 0.243 e. The maximum Gasteiger partial charge on any atom is 0.243 e. The van der Waals surface area contributed by atoms with E-state index in [-0.39, 0.29) is 36.4 Å². The summed E-state index contributed by atoms with van der Waals surface area (Å²) in [5.74, 6) is 0.737. The highest BCUT2D eigenvalue weighted by molar-refractivity contribution is 14.0. The molecule has 2 N–H and O–H groups in total. The number of fused-ring (bicyclic) bond motifs is 1. The lowest BCUT2D eigenvalue weighted by atomic mass is 9.88. The van der Waals surface area contributed by atoms with Crippen LogP contribution in [0.5, 0.6) is 0 Å². The molecule has 3 rings (SSSR count). The average molecular weight is 514 g/mol. The van der Waals surface area contributed by atoms with Gasteiger partial charge in [-0.3, -0.25) is 4.79 Å². The highest BCUT2D eigenvalue weighted by atomic mass is 127. The van der Waals surface area contributed by atoms with Gasteiger partial charge in [-0.15, -0.1) is 24.0 Å². The van der Waals surface area contributed by atoms with Crippen LogP contribution in [0.3, 0.4) is 0 Å². The first-order chi connectivity index (χ1) is 13.6. The van der Waals surface area contributed by atoms with Crippen LogP contribution in [-0.4, -0.2) is 62.7 Å². The van der Waals surface area contributed by atoms with Crippen molar-refractivity contribution in [3.63, 3.8) is 0 Å². The molecule has 0 bridgehead atoms. The van der Waals surface area contributed by atoms with E-state index in [4.69, 9.17) is 4.74 Å². The first-order valence-corrected chi connectivity index (χ1v) is 10.5. The van der Waals surface area contributed by atoms with E-state index in [1.165, 1.54) is 24.0 Å². The lowest BCUT2D eigenvalue weighted by Crippen LogP contribution is -2.47. The fourth-order valence-corrected chi connectivity index (χ4v) is 3.84. The van der Waals surface area contributed by atoms with Crippen LogP contribution in [-0.2, 0) is 22.4 Å². The molecule has 1 fully saturated rings. The third-order valence-electron chi connectivity index (χ3n) is 5.59. The molecule has 7 heteroatoms. The maximum absolute atomic E-state index is 12.0. The fraction of sp³-hybridized carbons (Fsp3) is 0.636. The quantitative estimate of drug-likeness (QED) is 0.348. The van der Waals surface area contributed by atoms with Gasteiger partial charge in [-0.05, 0) is 56.1 Å². The Balaban J connectivity index is 0.00000300. The highest BCUT2D eigenvalue weighted by Crippen LogP contribution is 2.21. The number of ether oxygens (including phenoxy) is 1. The molecule has 1 aliphatic carbocycles. The summed E-state index contributed by atoms with van der Waals surface area (Å²) in [5, 5.41) is 6.98. The number of likely N-dealkylation sites (N-methyl/N-ethyl adjacent to an activating group) is 1. The zero-order valence-electron chi connectivity index (χ0n) is 17.7. The SMILES string of the molecule is CN(C)C(=O)CN=C(NCCC1CCCCO1)NC1CCc2ccccc2C1.I. The monoisotopic (exact) mass is 514 g/mol. The van der Waals surface area contributed by atoms with Gasteiger partial charge in [0.15, 0.2) is 5.96 Å². The van der Waals surface area contributed by atoms with Crippen LogP contribution in [0, 0.1) is 0 Å². The number of benzene rings is 1. The topological polar surface area (TPSA) is 66.0 Å². The van der Waals surface area contributed by atoms with Crippen molar-refractivity contribution in [1.82, 2.24) is 15.5 Å². The summed E-state index contributed by atoms with van der Waals surface area (Å²) >= 11 is 0. The zero-order valence-corrected chi connectivity index (χ0v) is 20.0. The van der Waals surface area contributed by atoms with E-state index < -0.39 is 0 Å². The number of hydrogen-bond donors (Lipinski definition) is 2. The van der Waals surface area contributed by atoms with Crippen molar-refractivity contribution in [2.75, 3.05) is 33.8 Å². The van der Waals surface area contributed by atoms with Crippen LogP contribution in [0.15, 0.2) is 29.3 Å². The van der Waals surface area contributed by atoms with Crippen molar-refractivity contribution in [3.8, 4) is 0 Å². The van der Waals surface area contributed by atoms with Gasteiger partial charge < -0.3 is 20.3 Å². The molecular formula is C22H35IN4O2. The molecule has 1 aromatic carbocycles. The largest absolute Gasteiger partial charge is 0.378 e. The molecule has 2 aliphatic rings. The molecule has 2 atom stereocenters.